The Balaban J connectivity index is 1.76. The van der Waals surface area contributed by atoms with Gasteiger partial charge in [0.15, 0.2) is 0 Å². The van der Waals surface area contributed by atoms with Gasteiger partial charge in [0.2, 0.25) is 0 Å². The molecule has 110 valence electrons. The maximum atomic E-state index is 9.41. The van der Waals surface area contributed by atoms with E-state index < -0.39 is 0 Å². The number of aliphatic hydroxyl groups excluding tert-OH is 1. The summed E-state index contributed by atoms with van der Waals surface area (Å²) in [5.74, 6) is 0.989. The lowest BCUT2D eigenvalue weighted by Gasteiger charge is -2.19. The van der Waals surface area contributed by atoms with Crippen LogP contribution in [0.1, 0.15) is 35.6 Å². The van der Waals surface area contributed by atoms with Gasteiger partial charge in [-0.3, -0.25) is 0 Å². The molecule has 0 amide bonds. The molecule has 1 unspecified atom stereocenters. The molecule has 0 saturated carbocycles. The van der Waals surface area contributed by atoms with E-state index in [-0.39, 0.29) is 6.61 Å². The molecule has 1 atom stereocenters. The van der Waals surface area contributed by atoms with Crippen molar-refractivity contribution < 1.29 is 9.84 Å². The lowest BCUT2D eigenvalue weighted by atomic mass is 10.0. The van der Waals surface area contributed by atoms with Gasteiger partial charge in [-0.2, -0.15) is 0 Å². The summed E-state index contributed by atoms with van der Waals surface area (Å²) in [5.41, 5.74) is 3.38. The predicted octanol–water partition coefficient (Wildman–Crippen LogP) is 3.18. The Kier molecular flexibility index (Phi) is 4.53. The zero-order valence-corrected chi connectivity index (χ0v) is 12.1. The smallest absolute Gasteiger partial charge is 0.124 e. The van der Waals surface area contributed by atoms with Crippen molar-refractivity contribution in [3.63, 3.8) is 0 Å². The third-order valence-electron chi connectivity index (χ3n) is 4.02. The van der Waals surface area contributed by atoms with Crippen LogP contribution in [0.25, 0.3) is 0 Å². The highest BCUT2D eigenvalue weighted by atomic mass is 16.5. The first kappa shape index (κ1) is 14.1. The third-order valence-corrected chi connectivity index (χ3v) is 4.02. The average Bonchev–Trinajstić information content (AvgIpc) is 2.75. The molecule has 1 aliphatic rings. The highest BCUT2D eigenvalue weighted by Gasteiger charge is 2.18. The molecular weight excluding hydrogens is 262 g/mol. The van der Waals surface area contributed by atoms with Crippen LogP contribution in [0.15, 0.2) is 48.5 Å². The monoisotopic (exact) mass is 283 g/mol. The first-order chi connectivity index (χ1) is 10.4. The van der Waals surface area contributed by atoms with Gasteiger partial charge < -0.3 is 15.2 Å². The molecule has 1 heterocycles. The van der Waals surface area contributed by atoms with Crippen molar-refractivity contribution in [1.29, 1.82) is 0 Å². The summed E-state index contributed by atoms with van der Waals surface area (Å²) in [5, 5.41) is 13.0. The van der Waals surface area contributed by atoms with Gasteiger partial charge in [0.1, 0.15) is 5.75 Å². The van der Waals surface area contributed by atoms with Crippen LogP contribution < -0.4 is 10.1 Å². The lowest BCUT2D eigenvalue weighted by Crippen LogP contribution is -2.21. The second-order valence-electron chi connectivity index (χ2n) is 5.39. The fourth-order valence-corrected chi connectivity index (χ4v) is 2.85. The minimum absolute atomic E-state index is 0.0855. The largest absolute Gasteiger partial charge is 0.493 e. The molecule has 2 aromatic rings. The summed E-state index contributed by atoms with van der Waals surface area (Å²) >= 11 is 0. The zero-order valence-electron chi connectivity index (χ0n) is 12.1. The minimum atomic E-state index is 0.0855. The van der Waals surface area contributed by atoms with Crippen LogP contribution in [0.3, 0.4) is 0 Å². The molecule has 0 aliphatic carbocycles. The normalized spacial score (nSPS) is 17.7. The van der Waals surface area contributed by atoms with Gasteiger partial charge in [0.05, 0.1) is 13.2 Å². The molecule has 0 saturated heterocycles. The number of hydrogen-bond acceptors (Lipinski definition) is 3. The van der Waals surface area contributed by atoms with Gasteiger partial charge in [-0.15, -0.1) is 0 Å². The van der Waals surface area contributed by atoms with Crippen molar-refractivity contribution >= 4 is 0 Å². The molecule has 3 nitrogen and oxygen atoms in total. The average molecular weight is 283 g/mol. The molecule has 2 aromatic carbocycles. The Hall–Kier alpha value is -1.84. The van der Waals surface area contributed by atoms with Crippen LogP contribution in [-0.2, 0) is 13.2 Å². The van der Waals surface area contributed by atoms with E-state index in [4.69, 9.17) is 4.74 Å². The molecule has 21 heavy (non-hydrogen) atoms. The summed E-state index contributed by atoms with van der Waals surface area (Å²) in [4.78, 5) is 0. The van der Waals surface area contributed by atoms with E-state index in [9.17, 15) is 5.11 Å². The Bertz CT molecular complexity index is 597. The molecule has 3 heteroatoms. The van der Waals surface area contributed by atoms with Gasteiger partial charge in [-0.1, -0.05) is 42.5 Å². The topological polar surface area (TPSA) is 41.5 Å². The first-order valence-corrected chi connectivity index (χ1v) is 7.51. The zero-order chi connectivity index (χ0) is 14.5. The fraction of sp³-hybridized carbons (Fsp3) is 0.333. The van der Waals surface area contributed by atoms with E-state index in [1.165, 1.54) is 5.56 Å². The summed E-state index contributed by atoms with van der Waals surface area (Å²) in [6.07, 6.45) is 2.12. The molecule has 0 fully saturated rings. The van der Waals surface area contributed by atoms with Crippen LogP contribution in [-0.4, -0.2) is 11.7 Å². The van der Waals surface area contributed by atoms with E-state index in [2.05, 4.69) is 23.5 Å². The molecule has 3 rings (SSSR count). The summed E-state index contributed by atoms with van der Waals surface area (Å²) in [7, 11) is 0. The third kappa shape index (κ3) is 3.26. The van der Waals surface area contributed by atoms with Crippen molar-refractivity contribution in [2.24, 2.45) is 0 Å². The van der Waals surface area contributed by atoms with E-state index >= 15 is 0 Å². The highest BCUT2D eigenvalue weighted by molar-refractivity contribution is 5.37. The summed E-state index contributed by atoms with van der Waals surface area (Å²) in [6.45, 7) is 1.63. The maximum Gasteiger partial charge on any atom is 0.124 e. The molecule has 2 N–H and O–H groups in total. The number of nitrogens with one attached hydrogen (secondary N) is 1. The molecule has 0 bridgehead atoms. The van der Waals surface area contributed by atoms with E-state index in [1.54, 1.807) is 0 Å². The van der Waals surface area contributed by atoms with Crippen molar-refractivity contribution in [3.05, 3.63) is 65.2 Å². The summed E-state index contributed by atoms with van der Waals surface area (Å²) in [6, 6.07) is 16.6. The van der Waals surface area contributed by atoms with E-state index in [1.807, 2.05) is 30.3 Å². The molecule has 0 aromatic heterocycles. The first-order valence-electron chi connectivity index (χ1n) is 7.51. The number of para-hydroxylation sites is 1. The van der Waals surface area contributed by atoms with Crippen molar-refractivity contribution in [1.82, 2.24) is 5.32 Å². The number of benzene rings is 2. The molecule has 1 aliphatic heterocycles. The number of rotatable bonds is 4. The van der Waals surface area contributed by atoms with Crippen molar-refractivity contribution in [2.75, 3.05) is 6.61 Å². The SMILES string of the molecule is OCc1ccccc1CNC1CCCOc2ccccc21. The molecule has 0 radical (unpaired) electrons. The lowest BCUT2D eigenvalue weighted by molar-refractivity contribution is 0.280. The van der Waals surface area contributed by atoms with E-state index in [0.29, 0.717) is 6.04 Å². The Morgan fingerprint density at radius 1 is 1.05 bits per heavy atom. The van der Waals surface area contributed by atoms with Crippen molar-refractivity contribution in [3.8, 4) is 5.75 Å². The van der Waals surface area contributed by atoms with Gasteiger partial charge >= 0.3 is 0 Å². The van der Waals surface area contributed by atoms with Crippen molar-refractivity contribution in [2.45, 2.75) is 32.0 Å². The van der Waals surface area contributed by atoms with E-state index in [0.717, 1.165) is 42.9 Å². The quantitative estimate of drug-likeness (QED) is 0.905. The van der Waals surface area contributed by atoms with Gasteiger partial charge in [0.25, 0.3) is 0 Å². The maximum absolute atomic E-state index is 9.41. The Morgan fingerprint density at radius 2 is 1.81 bits per heavy atom. The second-order valence-corrected chi connectivity index (χ2v) is 5.39. The van der Waals surface area contributed by atoms with Gasteiger partial charge in [0, 0.05) is 18.2 Å². The number of hydrogen-bond donors (Lipinski definition) is 2. The second kappa shape index (κ2) is 6.74. The number of fused-ring (bicyclic) bond motifs is 1. The van der Waals surface area contributed by atoms with Crippen LogP contribution in [0.2, 0.25) is 0 Å². The van der Waals surface area contributed by atoms with Gasteiger partial charge in [-0.05, 0) is 30.0 Å². The van der Waals surface area contributed by atoms with Crippen LogP contribution in [0.4, 0.5) is 0 Å². The summed E-state index contributed by atoms with van der Waals surface area (Å²) < 4.78 is 5.80. The molecule has 0 spiro atoms. The Labute approximate surface area is 125 Å². The predicted molar refractivity (Wildman–Crippen MR) is 83.1 cm³/mol. The Morgan fingerprint density at radius 3 is 2.67 bits per heavy atom. The highest BCUT2D eigenvalue weighted by Crippen LogP contribution is 2.31. The van der Waals surface area contributed by atoms with Crippen LogP contribution >= 0.6 is 0 Å². The number of ether oxygens (including phenoxy) is 1. The standard InChI is InChI=1S/C18H21NO2/c20-13-15-7-2-1-6-14(15)12-19-17-9-5-11-21-18-10-4-3-8-16(17)18/h1-4,6-8,10,17,19-20H,5,9,11-13H2. The number of aliphatic hydroxyl groups is 1. The fourth-order valence-electron chi connectivity index (χ4n) is 2.85. The van der Waals surface area contributed by atoms with Crippen LogP contribution in [0.5, 0.6) is 5.75 Å². The molecular formula is C18H21NO2. The van der Waals surface area contributed by atoms with Gasteiger partial charge in [-0.25, -0.2) is 0 Å². The van der Waals surface area contributed by atoms with Crippen LogP contribution in [0, 0.1) is 0 Å². The minimum Gasteiger partial charge on any atom is -0.493 e.